The van der Waals surface area contributed by atoms with Crippen molar-refractivity contribution in [2.24, 2.45) is 0 Å². The maximum atomic E-state index is 11.3. The number of aromatic nitrogens is 1. The molecular formula is C15H22N2O2. The van der Waals surface area contributed by atoms with E-state index in [2.05, 4.69) is 10.3 Å². The van der Waals surface area contributed by atoms with E-state index in [0.717, 1.165) is 31.2 Å². The highest BCUT2D eigenvalue weighted by atomic mass is 16.5. The Labute approximate surface area is 114 Å². The molecule has 2 rings (SSSR count). The number of amides is 1. The third-order valence-corrected chi connectivity index (χ3v) is 3.53. The van der Waals surface area contributed by atoms with Crippen molar-refractivity contribution >= 4 is 5.91 Å². The Balaban J connectivity index is 1.77. The monoisotopic (exact) mass is 262 g/mol. The first-order valence-corrected chi connectivity index (χ1v) is 7.06. The van der Waals surface area contributed by atoms with Crippen LogP contribution in [0.4, 0.5) is 0 Å². The van der Waals surface area contributed by atoms with Gasteiger partial charge in [0, 0.05) is 24.7 Å². The van der Waals surface area contributed by atoms with Gasteiger partial charge in [-0.25, -0.2) is 4.98 Å². The zero-order valence-corrected chi connectivity index (χ0v) is 11.7. The average Bonchev–Trinajstić information content (AvgIpc) is 2.43. The highest BCUT2D eigenvalue weighted by Gasteiger charge is 2.23. The van der Waals surface area contributed by atoms with Crippen molar-refractivity contribution in [1.82, 2.24) is 10.3 Å². The normalized spacial score (nSPS) is 22.8. The van der Waals surface area contributed by atoms with E-state index in [4.69, 9.17) is 4.74 Å². The number of ether oxygens (including phenoxy) is 1. The third-order valence-electron chi connectivity index (χ3n) is 3.53. The molecule has 4 heteroatoms. The van der Waals surface area contributed by atoms with Crippen molar-refractivity contribution in [2.45, 2.75) is 58.1 Å². The second kappa shape index (κ2) is 6.55. The Kier molecular flexibility index (Phi) is 4.77. The van der Waals surface area contributed by atoms with Gasteiger partial charge in [-0.05, 0) is 38.2 Å². The van der Waals surface area contributed by atoms with Crippen LogP contribution >= 0.6 is 0 Å². The summed E-state index contributed by atoms with van der Waals surface area (Å²) in [4.78, 5) is 15.6. The predicted molar refractivity (Wildman–Crippen MR) is 74.1 cm³/mol. The topological polar surface area (TPSA) is 51.2 Å². The van der Waals surface area contributed by atoms with Gasteiger partial charge in [0.2, 0.25) is 11.8 Å². The van der Waals surface area contributed by atoms with Crippen molar-refractivity contribution in [3.63, 3.8) is 0 Å². The largest absolute Gasteiger partial charge is 0.474 e. The highest BCUT2D eigenvalue weighted by molar-refractivity contribution is 5.75. The second-order valence-corrected chi connectivity index (χ2v) is 5.19. The highest BCUT2D eigenvalue weighted by Crippen LogP contribution is 2.23. The number of carbonyl (C=O) groups is 1. The molecule has 4 nitrogen and oxygen atoms in total. The fourth-order valence-corrected chi connectivity index (χ4v) is 2.35. The molecule has 0 aromatic carbocycles. The van der Waals surface area contributed by atoms with Gasteiger partial charge in [0.05, 0.1) is 0 Å². The Morgan fingerprint density at radius 2 is 2.11 bits per heavy atom. The molecule has 0 radical (unpaired) electrons. The van der Waals surface area contributed by atoms with Crippen LogP contribution in [0, 0.1) is 6.92 Å². The van der Waals surface area contributed by atoms with Crippen molar-refractivity contribution in [3.8, 4) is 5.88 Å². The van der Waals surface area contributed by atoms with Gasteiger partial charge in [-0.15, -0.1) is 0 Å². The Morgan fingerprint density at radius 3 is 2.68 bits per heavy atom. The molecule has 1 saturated carbocycles. The summed E-state index contributed by atoms with van der Waals surface area (Å²) in [5.74, 6) is 0.844. The summed E-state index contributed by atoms with van der Waals surface area (Å²) in [5, 5.41) is 3.05. The van der Waals surface area contributed by atoms with Crippen LogP contribution in [-0.2, 0) is 4.79 Å². The van der Waals surface area contributed by atoms with E-state index in [1.165, 1.54) is 0 Å². The van der Waals surface area contributed by atoms with Crippen LogP contribution in [0.1, 0.15) is 44.6 Å². The van der Waals surface area contributed by atoms with Crippen molar-refractivity contribution in [3.05, 3.63) is 23.9 Å². The quantitative estimate of drug-likeness (QED) is 0.907. The molecule has 104 valence electrons. The molecule has 1 aromatic rings. The minimum Gasteiger partial charge on any atom is -0.474 e. The number of hydrogen-bond acceptors (Lipinski definition) is 3. The van der Waals surface area contributed by atoms with Gasteiger partial charge in [-0.3, -0.25) is 4.79 Å². The van der Waals surface area contributed by atoms with Gasteiger partial charge >= 0.3 is 0 Å². The molecular weight excluding hydrogens is 240 g/mol. The van der Waals surface area contributed by atoms with E-state index in [-0.39, 0.29) is 12.0 Å². The summed E-state index contributed by atoms with van der Waals surface area (Å²) in [6.45, 7) is 3.89. The first-order valence-electron chi connectivity index (χ1n) is 7.06. The SMILES string of the molecule is CCC(=O)NC1CCC(Oc2ccc(C)cn2)CC1. The van der Waals surface area contributed by atoms with Crippen molar-refractivity contribution in [1.29, 1.82) is 0 Å². The zero-order valence-electron chi connectivity index (χ0n) is 11.7. The van der Waals surface area contributed by atoms with Crippen LogP contribution in [-0.4, -0.2) is 23.0 Å². The first kappa shape index (κ1) is 13.8. The Morgan fingerprint density at radius 1 is 1.37 bits per heavy atom. The molecule has 1 amide bonds. The van der Waals surface area contributed by atoms with Gasteiger partial charge in [-0.1, -0.05) is 13.0 Å². The molecule has 0 saturated heterocycles. The lowest BCUT2D eigenvalue weighted by atomic mass is 9.93. The molecule has 1 heterocycles. The molecule has 0 spiro atoms. The Bertz CT molecular complexity index is 409. The summed E-state index contributed by atoms with van der Waals surface area (Å²) in [5.41, 5.74) is 1.14. The lowest BCUT2D eigenvalue weighted by Crippen LogP contribution is -2.39. The average molecular weight is 262 g/mol. The number of aryl methyl sites for hydroxylation is 1. The van der Waals surface area contributed by atoms with Gasteiger partial charge < -0.3 is 10.1 Å². The fourth-order valence-electron chi connectivity index (χ4n) is 2.35. The van der Waals surface area contributed by atoms with E-state index in [0.29, 0.717) is 18.3 Å². The van der Waals surface area contributed by atoms with Crippen molar-refractivity contribution in [2.75, 3.05) is 0 Å². The van der Waals surface area contributed by atoms with E-state index in [9.17, 15) is 4.79 Å². The molecule has 0 atom stereocenters. The molecule has 1 fully saturated rings. The Hall–Kier alpha value is -1.58. The second-order valence-electron chi connectivity index (χ2n) is 5.19. The number of hydrogen-bond donors (Lipinski definition) is 1. The molecule has 1 aliphatic rings. The molecule has 1 N–H and O–H groups in total. The standard InChI is InChI=1S/C15H22N2O2/c1-3-14(18)17-12-5-7-13(8-6-12)19-15-9-4-11(2)10-16-15/h4,9-10,12-13H,3,5-8H2,1-2H3,(H,17,18). The zero-order chi connectivity index (χ0) is 13.7. The van der Waals surface area contributed by atoms with Crippen LogP contribution in [0.5, 0.6) is 5.88 Å². The van der Waals surface area contributed by atoms with Crippen molar-refractivity contribution < 1.29 is 9.53 Å². The van der Waals surface area contributed by atoms with E-state index >= 15 is 0 Å². The van der Waals surface area contributed by atoms with Crippen LogP contribution in [0.3, 0.4) is 0 Å². The summed E-state index contributed by atoms with van der Waals surface area (Å²) >= 11 is 0. The minimum atomic E-state index is 0.143. The van der Waals surface area contributed by atoms with E-state index in [1.807, 2.05) is 32.2 Å². The minimum absolute atomic E-state index is 0.143. The molecule has 0 unspecified atom stereocenters. The van der Waals surface area contributed by atoms with Gasteiger partial charge in [-0.2, -0.15) is 0 Å². The maximum absolute atomic E-state index is 11.3. The summed E-state index contributed by atoms with van der Waals surface area (Å²) < 4.78 is 5.87. The number of carbonyl (C=O) groups excluding carboxylic acids is 1. The number of pyridine rings is 1. The van der Waals surface area contributed by atoms with E-state index in [1.54, 1.807) is 0 Å². The summed E-state index contributed by atoms with van der Waals surface area (Å²) in [6, 6.07) is 4.24. The van der Waals surface area contributed by atoms with Crippen LogP contribution < -0.4 is 10.1 Å². The number of nitrogens with one attached hydrogen (secondary N) is 1. The van der Waals surface area contributed by atoms with Gasteiger partial charge in [0.25, 0.3) is 0 Å². The smallest absolute Gasteiger partial charge is 0.219 e. The van der Waals surface area contributed by atoms with Crippen LogP contribution in [0.25, 0.3) is 0 Å². The number of nitrogens with zero attached hydrogens (tertiary/aromatic N) is 1. The lowest BCUT2D eigenvalue weighted by Gasteiger charge is -2.29. The predicted octanol–water partition coefficient (Wildman–Crippen LogP) is 2.61. The lowest BCUT2D eigenvalue weighted by molar-refractivity contribution is -0.121. The molecule has 1 aromatic heterocycles. The van der Waals surface area contributed by atoms with Crippen LogP contribution in [0.2, 0.25) is 0 Å². The van der Waals surface area contributed by atoms with Gasteiger partial charge in [0.15, 0.2) is 0 Å². The molecule has 0 aliphatic heterocycles. The van der Waals surface area contributed by atoms with Gasteiger partial charge in [0.1, 0.15) is 6.10 Å². The number of rotatable bonds is 4. The first-order chi connectivity index (χ1) is 9.17. The van der Waals surface area contributed by atoms with Crippen LogP contribution in [0.15, 0.2) is 18.3 Å². The third kappa shape index (κ3) is 4.23. The van der Waals surface area contributed by atoms with E-state index < -0.39 is 0 Å². The molecule has 1 aliphatic carbocycles. The maximum Gasteiger partial charge on any atom is 0.219 e. The molecule has 0 bridgehead atoms. The summed E-state index contributed by atoms with van der Waals surface area (Å²) in [7, 11) is 0. The summed E-state index contributed by atoms with van der Waals surface area (Å²) in [6.07, 6.45) is 6.54. The fraction of sp³-hybridized carbons (Fsp3) is 0.600. The molecule has 19 heavy (non-hydrogen) atoms.